The van der Waals surface area contributed by atoms with Crippen molar-refractivity contribution in [2.24, 2.45) is 40.6 Å². The lowest BCUT2D eigenvalue weighted by molar-refractivity contribution is -0.181. The number of hydrogen-bond donors (Lipinski definition) is 5. The number of benzene rings is 1. The number of phenolic OH excluding ortho intramolecular Hbond substituents is 1. The summed E-state index contributed by atoms with van der Waals surface area (Å²) in [5.74, 6) is -11.7. The summed E-state index contributed by atoms with van der Waals surface area (Å²) in [4.78, 5) is 80.3. The topological polar surface area (TPSA) is 219 Å². The van der Waals surface area contributed by atoms with Crippen molar-refractivity contribution in [3.63, 3.8) is 0 Å². The number of aromatic hydroxyl groups is 1. The maximum Gasteiger partial charge on any atom is 0.411 e. The molecule has 2 unspecified atom stereocenters. The monoisotopic (exact) mass is 572 g/mol. The molecule has 0 aromatic heterocycles. The third-order valence-electron chi connectivity index (χ3n) is 8.25. The summed E-state index contributed by atoms with van der Waals surface area (Å²) in [7, 11) is 3.03. The number of carbonyl (C=O) groups excluding carboxylic acids is 6. The van der Waals surface area contributed by atoms with Gasteiger partial charge in [-0.2, -0.15) is 0 Å². The molecule has 13 nitrogen and oxygen atoms in total. The molecule has 0 radical (unpaired) electrons. The molecule has 2 fully saturated rings. The molecule has 1 aromatic carbocycles. The molecule has 2 amide bonds. The lowest BCUT2D eigenvalue weighted by Gasteiger charge is -2.52. The van der Waals surface area contributed by atoms with Crippen molar-refractivity contribution in [2.75, 3.05) is 26.0 Å². The van der Waals surface area contributed by atoms with E-state index in [4.69, 9.17) is 16.2 Å². The highest BCUT2D eigenvalue weighted by molar-refractivity contribution is 6.32. The molecule has 0 saturated heterocycles. The third-order valence-corrected chi connectivity index (χ3v) is 8.25. The highest BCUT2D eigenvalue weighted by Crippen LogP contribution is 2.51. The first kappa shape index (κ1) is 30.3. The fourth-order valence-electron chi connectivity index (χ4n) is 6.45. The zero-order valence-corrected chi connectivity index (χ0v) is 23.6. The number of aliphatic hydroxyl groups is 1. The fraction of sp³-hybridized carbons (Fsp3) is 0.571. The van der Waals surface area contributed by atoms with Gasteiger partial charge in [-0.05, 0) is 55.5 Å². The first-order chi connectivity index (χ1) is 18.9. The number of ketones is 4. The minimum absolute atomic E-state index is 0.0701. The second-order valence-electron chi connectivity index (χ2n) is 12.5. The van der Waals surface area contributed by atoms with Crippen LogP contribution in [0.25, 0.3) is 0 Å². The second-order valence-corrected chi connectivity index (χ2v) is 12.5. The summed E-state index contributed by atoms with van der Waals surface area (Å²) in [6.07, 6.45) is -0.885. The molecule has 222 valence electrons. The van der Waals surface area contributed by atoms with Crippen molar-refractivity contribution < 1.29 is 43.7 Å². The Morgan fingerprint density at radius 3 is 2.34 bits per heavy atom. The number of fused-ring (bicyclic) bond motifs is 3. The molecule has 2 saturated carbocycles. The van der Waals surface area contributed by atoms with Gasteiger partial charge in [-0.1, -0.05) is 20.8 Å². The maximum absolute atomic E-state index is 13.9. The van der Waals surface area contributed by atoms with Crippen molar-refractivity contribution in [3.8, 4) is 5.75 Å². The number of nitrogens with two attached hydrogens (primary N) is 2. The van der Waals surface area contributed by atoms with Gasteiger partial charge in [0.05, 0.1) is 29.8 Å². The van der Waals surface area contributed by atoms with Gasteiger partial charge in [-0.25, -0.2) is 4.79 Å². The van der Waals surface area contributed by atoms with E-state index in [-0.39, 0.29) is 42.7 Å². The number of rotatable bonds is 5. The smallest absolute Gasteiger partial charge is 0.411 e. The average Bonchev–Trinajstić information content (AvgIpc) is 2.85. The summed E-state index contributed by atoms with van der Waals surface area (Å²) >= 11 is 0. The molecule has 0 spiro atoms. The first-order valence-electron chi connectivity index (χ1n) is 13.3. The number of anilines is 1. The molecule has 13 heteroatoms. The van der Waals surface area contributed by atoms with Crippen LogP contribution in [0.1, 0.15) is 48.7 Å². The van der Waals surface area contributed by atoms with Gasteiger partial charge in [0.25, 0.3) is 0 Å². The molecule has 6 atom stereocenters. The molecule has 1 aromatic rings. The number of likely N-dealkylation sites (N-methyl/N-ethyl adjacent to an activating group) is 1. The second kappa shape index (κ2) is 10.3. The van der Waals surface area contributed by atoms with Crippen LogP contribution < -0.4 is 16.8 Å². The lowest BCUT2D eigenvalue weighted by Crippen LogP contribution is -2.74. The molecule has 0 heterocycles. The van der Waals surface area contributed by atoms with E-state index >= 15 is 0 Å². The molecular weight excluding hydrogens is 536 g/mol. The number of nitrogens with zero attached hydrogens (tertiary/aromatic N) is 1. The van der Waals surface area contributed by atoms with E-state index < -0.39 is 76.2 Å². The van der Waals surface area contributed by atoms with Crippen LogP contribution in [0.4, 0.5) is 10.5 Å². The van der Waals surface area contributed by atoms with E-state index in [9.17, 15) is 39.0 Å². The SMILES string of the molecule is CN(C)[C@H]1C(=O)C(C(N)=O)C(=O)[C@]2(O)C(=O)C3C(=O)c4c(O)c(NC(=O)OCC(C)(C)C)cc(CN)c4C[C@@H]3C[C@H]12. The van der Waals surface area contributed by atoms with Crippen LogP contribution in [-0.4, -0.2) is 82.6 Å². The molecule has 7 N–H and O–H groups in total. The van der Waals surface area contributed by atoms with Crippen LogP contribution in [0.2, 0.25) is 0 Å². The fourth-order valence-corrected chi connectivity index (χ4v) is 6.45. The Morgan fingerprint density at radius 1 is 1.17 bits per heavy atom. The van der Waals surface area contributed by atoms with Crippen LogP contribution in [0, 0.1) is 29.1 Å². The number of amides is 2. The quantitative estimate of drug-likeness (QED) is 0.232. The van der Waals surface area contributed by atoms with Gasteiger partial charge < -0.3 is 26.4 Å². The molecule has 41 heavy (non-hydrogen) atoms. The summed E-state index contributed by atoms with van der Waals surface area (Å²) in [5.41, 5.74) is 8.53. The average molecular weight is 573 g/mol. The normalized spacial score (nSPS) is 29.5. The van der Waals surface area contributed by atoms with Gasteiger partial charge in [-0.15, -0.1) is 0 Å². The molecular formula is C28H36N4O9. The van der Waals surface area contributed by atoms with Crippen molar-refractivity contribution in [3.05, 3.63) is 22.8 Å². The Labute approximate surface area is 236 Å². The van der Waals surface area contributed by atoms with E-state index in [0.29, 0.717) is 11.1 Å². The number of hydrogen-bond acceptors (Lipinski definition) is 11. The Hall–Kier alpha value is -3.68. The molecule has 4 rings (SSSR count). The number of ether oxygens (including phenoxy) is 1. The van der Waals surface area contributed by atoms with E-state index in [1.54, 1.807) is 0 Å². The highest BCUT2D eigenvalue weighted by atomic mass is 16.5. The standard InChI is InChI=1S/C28H36N4O9/c1-27(2,3)10-41-26(39)31-15-8-12(9-29)13-6-11-7-14-19(32(4)5)22(35)18(25(30)38)24(37)28(14,40)23(36)16(11)21(34)17(13)20(15)33/h8,11,14,16,18-19,33,40H,6-7,9-10,29H2,1-5H3,(H2,30,38)(H,31,39)/t11-,14-,16?,18?,19-,28-/m1/s1. The predicted molar refractivity (Wildman–Crippen MR) is 144 cm³/mol. The van der Waals surface area contributed by atoms with Crippen LogP contribution >= 0.6 is 0 Å². The number of nitrogens with one attached hydrogen (secondary N) is 1. The predicted octanol–water partition coefficient (Wildman–Crippen LogP) is -0.0797. The summed E-state index contributed by atoms with van der Waals surface area (Å²) < 4.78 is 5.19. The molecule has 0 bridgehead atoms. The van der Waals surface area contributed by atoms with Crippen molar-refractivity contribution in [2.45, 2.75) is 51.8 Å². The van der Waals surface area contributed by atoms with Crippen LogP contribution in [-0.2, 0) is 36.9 Å². The van der Waals surface area contributed by atoms with Crippen LogP contribution in [0.5, 0.6) is 5.75 Å². The highest BCUT2D eigenvalue weighted by Gasteiger charge is 2.69. The van der Waals surface area contributed by atoms with Crippen molar-refractivity contribution >= 4 is 40.8 Å². The summed E-state index contributed by atoms with van der Waals surface area (Å²) in [5, 5.41) is 25.2. The number of carbonyl (C=O) groups is 6. The zero-order chi connectivity index (χ0) is 30.8. The Bertz CT molecular complexity index is 1360. The first-order valence-corrected chi connectivity index (χ1v) is 13.3. The van der Waals surface area contributed by atoms with E-state index in [1.165, 1.54) is 25.1 Å². The summed E-state index contributed by atoms with van der Waals surface area (Å²) in [6.45, 7) is 5.58. The minimum atomic E-state index is -2.82. The van der Waals surface area contributed by atoms with Gasteiger partial charge in [0.15, 0.2) is 34.7 Å². The van der Waals surface area contributed by atoms with Gasteiger partial charge in [0.1, 0.15) is 5.75 Å². The number of Topliss-reactive ketones (excluding diaryl/α,β-unsaturated/α-hetero) is 4. The van der Waals surface area contributed by atoms with E-state index in [1.807, 2.05) is 20.8 Å². The number of primary amides is 1. The van der Waals surface area contributed by atoms with Crippen molar-refractivity contribution in [1.82, 2.24) is 4.90 Å². The molecule has 3 aliphatic rings. The van der Waals surface area contributed by atoms with Gasteiger partial charge in [0, 0.05) is 12.5 Å². The summed E-state index contributed by atoms with van der Waals surface area (Å²) in [6, 6.07) is 0.235. The van der Waals surface area contributed by atoms with E-state index in [0.717, 1.165) is 0 Å². The van der Waals surface area contributed by atoms with E-state index in [2.05, 4.69) is 5.32 Å². The Kier molecular flexibility index (Phi) is 7.61. The van der Waals surface area contributed by atoms with Crippen molar-refractivity contribution in [1.29, 1.82) is 0 Å². The zero-order valence-electron chi connectivity index (χ0n) is 23.6. The minimum Gasteiger partial charge on any atom is -0.505 e. The van der Waals surface area contributed by atoms with Gasteiger partial charge in [-0.3, -0.25) is 34.2 Å². The number of phenols is 1. The third kappa shape index (κ3) is 4.81. The van der Waals surface area contributed by atoms with Gasteiger partial charge >= 0.3 is 6.09 Å². The maximum atomic E-state index is 13.9. The Morgan fingerprint density at radius 2 is 1.80 bits per heavy atom. The molecule has 0 aliphatic heterocycles. The molecule has 3 aliphatic carbocycles. The Balaban J connectivity index is 1.78. The van der Waals surface area contributed by atoms with Crippen LogP contribution in [0.3, 0.4) is 0 Å². The van der Waals surface area contributed by atoms with Crippen LogP contribution in [0.15, 0.2) is 6.07 Å². The largest absolute Gasteiger partial charge is 0.505 e. The van der Waals surface area contributed by atoms with Gasteiger partial charge in [0.2, 0.25) is 5.91 Å². The lowest BCUT2D eigenvalue weighted by atomic mass is 9.52.